The van der Waals surface area contributed by atoms with E-state index < -0.39 is 15.9 Å². The number of aromatic nitrogens is 1. The molecular weight excluding hydrogens is 350 g/mol. The Morgan fingerprint density at radius 2 is 1.85 bits per heavy atom. The van der Waals surface area contributed by atoms with E-state index in [0.717, 1.165) is 16.7 Å². The normalized spacial score (nSPS) is 12.9. The predicted octanol–water partition coefficient (Wildman–Crippen LogP) is 3.61. The monoisotopic (exact) mass is 371 g/mol. The summed E-state index contributed by atoms with van der Waals surface area (Å²) < 4.78 is 30.3. The average Bonchev–Trinajstić information content (AvgIpc) is 3.02. The molecule has 1 aromatic heterocycles. The fourth-order valence-electron chi connectivity index (χ4n) is 2.85. The van der Waals surface area contributed by atoms with E-state index in [2.05, 4.69) is 4.98 Å². The first-order chi connectivity index (χ1) is 12.3. The maximum atomic E-state index is 12.4. The van der Waals surface area contributed by atoms with Crippen LogP contribution in [-0.4, -0.2) is 24.3 Å². The molecule has 0 saturated heterocycles. The van der Waals surface area contributed by atoms with Gasteiger partial charge in [-0.25, -0.2) is 13.4 Å². The van der Waals surface area contributed by atoms with Crippen LogP contribution >= 0.6 is 0 Å². The molecule has 2 aromatic carbocycles. The van der Waals surface area contributed by atoms with E-state index in [1.165, 1.54) is 6.26 Å². The van der Waals surface area contributed by atoms with E-state index in [1.54, 1.807) is 24.3 Å². The van der Waals surface area contributed by atoms with Crippen molar-refractivity contribution in [3.63, 3.8) is 0 Å². The Labute approximate surface area is 153 Å². The number of sulfone groups is 1. The average molecular weight is 371 g/mol. The molecule has 0 saturated carbocycles. The minimum Gasteiger partial charge on any atom is -0.444 e. The van der Waals surface area contributed by atoms with Gasteiger partial charge in [-0.1, -0.05) is 48.0 Å². The van der Waals surface area contributed by atoms with Crippen LogP contribution in [0.5, 0.6) is 0 Å². The van der Waals surface area contributed by atoms with Gasteiger partial charge in [0.15, 0.2) is 9.84 Å². The first-order valence-corrected chi connectivity index (χ1v) is 10.1. The van der Waals surface area contributed by atoms with Crippen molar-refractivity contribution in [3.05, 3.63) is 77.2 Å². The van der Waals surface area contributed by atoms with Gasteiger partial charge in [0, 0.05) is 5.56 Å². The van der Waals surface area contributed by atoms with E-state index in [0.29, 0.717) is 17.1 Å². The topological polar surface area (TPSA) is 80.4 Å². The fraction of sp³-hybridized carbons (Fsp3) is 0.250. The molecule has 136 valence electrons. The molecule has 0 aliphatic carbocycles. The molecule has 0 spiro atoms. The summed E-state index contributed by atoms with van der Waals surface area (Å²) in [6.07, 6.45) is 0.299. The lowest BCUT2D eigenvalue weighted by Crippen LogP contribution is -2.16. The van der Waals surface area contributed by atoms with Gasteiger partial charge >= 0.3 is 0 Å². The zero-order valence-electron chi connectivity index (χ0n) is 14.7. The predicted molar refractivity (Wildman–Crippen MR) is 100 cm³/mol. The molecule has 6 heteroatoms. The van der Waals surface area contributed by atoms with Gasteiger partial charge in [-0.3, -0.25) is 0 Å². The van der Waals surface area contributed by atoms with E-state index in [9.17, 15) is 13.5 Å². The third-order valence-electron chi connectivity index (χ3n) is 4.13. The number of nitrogens with zero attached hydrogens (tertiary/aromatic N) is 1. The molecule has 26 heavy (non-hydrogen) atoms. The number of aliphatic hydroxyl groups is 1. The van der Waals surface area contributed by atoms with Crippen molar-refractivity contribution in [3.8, 4) is 11.5 Å². The largest absolute Gasteiger partial charge is 0.444 e. The second-order valence-electron chi connectivity index (χ2n) is 6.44. The highest BCUT2D eigenvalue weighted by atomic mass is 32.2. The number of rotatable bonds is 6. The summed E-state index contributed by atoms with van der Waals surface area (Å²) in [5.41, 5.74) is 3.90. The summed E-state index contributed by atoms with van der Waals surface area (Å²) >= 11 is 0. The van der Waals surface area contributed by atoms with Crippen molar-refractivity contribution >= 4 is 9.84 Å². The summed E-state index contributed by atoms with van der Waals surface area (Å²) in [5, 5.41) is 10.2. The number of hydrogen-bond acceptors (Lipinski definition) is 5. The van der Waals surface area contributed by atoms with E-state index in [-0.39, 0.29) is 11.5 Å². The first-order valence-electron chi connectivity index (χ1n) is 8.29. The molecule has 0 aliphatic rings. The fourth-order valence-corrected chi connectivity index (χ4v) is 4.22. The summed E-state index contributed by atoms with van der Waals surface area (Å²) in [6.45, 7) is 3.96. The third kappa shape index (κ3) is 4.39. The lowest BCUT2D eigenvalue weighted by molar-refractivity contribution is 0.201. The van der Waals surface area contributed by atoms with E-state index in [4.69, 9.17) is 4.42 Å². The smallest absolute Gasteiger partial charge is 0.226 e. The SMILES string of the molecule is Cc1ccc(-c2nc(CS(=O)(=O)C[C@H](O)c3ccccc3)co2)c(C)c1. The molecule has 0 radical (unpaired) electrons. The van der Waals surface area contributed by atoms with Crippen LogP contribution in [0.2, 0.25) is 0 Å². The van der Waals surface area contributed by atoms with Crippen molar-refractivity contribution in [2.75, 3.05) is 5.75 Å². The maximum Gasteiger partial charge on any atom is 0.226 e. The lowest BCUT2D eigenvalue weighted by Gasteiger charge is -2.10. The molecule has 5 nitrogen and oxygen atoms in total. The van der Waals surface area contributed by atoms with Crippen LogP contribution in [0.25, 0.3) is 11.5 Å². The summed E-state index contributed by atoms with van der Waals surface area (Å²) in [6, 6.07) is 14.6. The summed E-state index contributed by atoms with van der Waals surface area (Å²) in [7, 11) is -3.54. The van der Waals surface area contributed by atoms with Crippen molar-refractivity contribution in [2.24, 2.45) is 0 Å². The van der Waals surface area contributed by atoms with Gasteiger partial charge in [-0.15, -0.1) is 0 Å². The molecule has 0 aliphatic heterocycles. The number of hydrogen-bond donors (Lipinski definition) is 1. The Kier molecular flexibility index (Phi) is 5.25. The molecule has 1 N–H and O–H groups in total. The van der Waals surface area contributed by atoms with Crippen molar-refractivity contribution < 1.29 is 17.9 Å². The molecule has 0 bridgehead atoms. The molecule has 1 heterocycles. The van der Waals surface area contributed by atoms with Gasteiger partial charge in [0.2, 0.25) is 5.89 Å². The van der Waals surface area contributed by atoms with Gasteiger partial charge in [-0.2, -0.15) is 0 Å². The van der Waals surface area contributed by atoms with Gasteiger partial charge < -0.3 is 9.52 Å². The Bertz CT molecular complexity index is 994. The zero-order chi connectivity index (χ0) is 18.7. The summed E-state index contributed by atoms with van der Waals surface area (Å²) in [4.78, 5) is 4.31. The van der Waals surface area contributed by atoms with Gasteiger partial charge in [-0.05, 0) is 31.0 Å². The van der Waals surface area contributed by atoms with E-state index in [1.807, 2.05) is 38.1 Å². The molecule has 0 fully saturated rings. The zero-order valence-corrected chi connectivity index (χ0v) is 15.5. The Morgan fingerprint density at radius 1 is 1.12 bits per heavy atom. The van der Waals surface area contributed by atoms with Crippen molar-refractivity contribution in [1.29, 1.82) is 0 Å². The minimum absolute atomic E-state index is 0.273. The van der Waals surface area contributed by atoms with Crippen molar-refractivity contribution in [2.45, 2.75) is 25.7 Å². The Hall–Kier alpha value is -2.44. The number of aliphatic hydroxyl groups excluding tert-OH is 1. The molecule has 1 atom stereocenters. The van der Waals surface area contributed by atoms with Gasteiger partial charge in [0.05, 0.1) is 23.3 Å². The number of aryl methyl sites for hydroxylation is 2. The van der Waals surface area contributed by atoms with Crippen LogP contribution in [0.15, 0.2) is 59.2 Å². The highest BCUT2D eigenvalue weighted by Crippen LogP contribution is 2.24. The number of benzene rings is 2. The second kappa shape index (κ2) is 7.43. The minimum atomic E-state index is -3.54. The maximum absolute atomic E-state index is 12.4. The van der Waals surface area contributed by atoms with Crippen LogP contribution < -0.4 is 0 Å². The van der Waals surface area contributed by atoms with Crippen LogP contribution in [0.1, 0.15) is 28.5 Å². The molecular formula is C20H21NO4S. The van der Waals surface area contributed by atoms with E-state index >= 15 is 0 Å². The van der Waals surface area contributed by atoms with Crippen molar-refractivity contribution in [1.82, 2.24) is 4.98 Å². The summed E-state index contributed by atoms with van der Waals surface area (Å²) in [5.74, 6) is -0.232. The molecule has 0 amide bonds. The Balaban J connectivity index is 1.73. The molecule has 3 rings (SSSR count). The lowest BCUT2D eigenvalue weighted by atomic mass is 10.1. The standard InChI is InChI=1S/C20H21NO4S/c1-14-8-9-18(15(2)10-14)20-21-17(11-25-20)12-26(23,24)13-19(22)16-6-4-3-5-7-16/h3-11,19,22H,12-13H2,1-2H3/t19-/m0/s1. The molecule has 0 unspecified atom stereocenters. The van der Waals surface area contributed by atoms with Crippen LogP contribution in [0, 0.1) is 13.8 Å². The highest BCUT2D eigenvalue weighted by molar-refractivity contribution is 7.90. The van der Waals surface area contributed by atoms with Crippen LogP contribution in [0.3, 0.4) is 0 Å². The molecule has 3 aromatic rings. The van der Waals surface area contributed by atoms with Gasteiger partial charge in [0.25, 0.3) is 0 Å². The third-order valence-corrected chi connectivity index (χ3v) is 5.69. The van der Waals surface area contributed by atoms with Crippen LogP contribution in [0.4, 0.5) is 0 Å². The second-order valence-corrected chi connectivity index (χ2v) is 8.55. The quantitative estimate of drug-likeness (QED) is 0.716. The Morgan fingerprint density at radius 3 is 2.54 bits per heavy atom. The highest BCUT2D eigenvalue weighted by Gasteiger charge is 2.21. The number of oxazole rings is 1. The first kappa shape index (κ1) is 18.4. The van der Waals surface area contributed by atoms with Gasteiger partial charge in [0.1, 0.15) is 6.26 Å². The van der Waals surface area contributed by atoms with Crippen LogP contribution in [-0.2, 0) is 15.6 Å².